The largest absolute Gasteiger partial charge is 0.450 e. The van der Waals surface area contributed by atoms with Crippen LogP contribution in [-0.4, -0.2) is 36.9 Å². The van der Waals surface area contributed by atoms with Gasteiger partial charge in [-0.2, -0.15) is 11.8 Å². The van der Waals surface area contributed by atoms with Gasteiger partial charge in [-0.3, -0.25) is 4.79 Å². The van der Waals surface area contributed by atoms with Gasteiger partial charge in [-0.25, -0.2) is 4.79 Å². The third-order valence-corrected chi connectivity index (χ3v) is 2.26. The average Bonchev–Trinajstić information content (AvgIpc) is 2.26. The summed E-state index contributed by atoms with van der Waals surface area (Å²) in [5.74, 6) is 0.730. The summed E-state index contributed by atoms with van der Waals surface area (Å²) in [6, 6.07) is -0.838. The topological polar surface area (TPSA) is 116 Å². The third kappa shape index (κ3) is 8.23. The lowest BCUT2D eigenvalue weighted by Gasteiger charge is -2.18. The highest BCUT2D eigenvalue weighted by Crippen LogP contribution is 1.99. The second kappa shape index (κ2) is 9.61. The number of alkyl carbamates (subject to hydrolysis) is 1. The van der Waals surface area contributed by atoms with Crippen LogP contribution < -0.4 is 10.6 Å². The molecule has 0 unspecified atom stereocenters. The van der Waals surface area contributed by atoms with Crippen molar-refractivity contribution in [2.24, 2.45) is 5.11 Å². The van der Waals surface area contributed by atoms with Crippen molar-refractivity contribution in [1.82, 2.24) is 10.6 Å². The molecular formula is C8H15N5O3S. The second-order valence-corrected chi connectivity index (χ2v) is 3.82. The van der Waals surface area contributed by atoms with Gasteiger partial charge in [-0.1, -0.05) is 0 Å². The summed E-state index contributed by atoms with van der Waals surface area (Å²) in [4.78, 5) is 24.5. The maximum atomic E-state index is 11.2. The van der Waals surface area contributed by atoms with Gasteiger partial charge in [-0.05, 0) is 30.9 Å². The predicted molar refractivity (Wildman–Crippen MR) is 64.6 cm³/mol. The Balaban J connectivity index is 4.26. The molecule has 8 nitrogen and oxygen atoms in total. The molecule has 0 rings (SSSR count). The molecule has 0 aliphatic carbocycles. The molecule has 0 aromatic heterocycles. The van der Waals surface area contributed by atoms with Crippen LogP contribution in [0.15, 0.2) is 5.11 Å². The molecule has 0 saturated carbocycles. The molecule has 0 aliphatic rings. The van der Waals surface area contributed by atoms with E-state index in [2.05, 4.69) is 25.4 Å². The van der Waals surface area contributed by atoms with Crippen molar-refractivity contribution >= 4 is 23.9 Å². The van der Waals surface area contributed by atoms with Crippen LogP contribution in [0.3, 0.4) is 0 Å². The summed E-state index contributed by atoms with van der Waals surface area (Å²) >= 11 is 1.56. The fourth-order valence-electron chi connectivity index (χ4n) is 0.950. The second-order valence-electron chi connectivity index (χ2n) is 2.84. The third-order valence-electron chi connectivity index (χ3n) is 1.61. The van der Waals surface area contributed by atoms with Crippen molar-refractivity contribution in [1.29, 1.82) is 0 Å². The van der Waals surface area contributed by atoms with Crippen LogP contribution in [0.5, 0.6) is 0 Å². The summed E-state index contributed by atoms with van der Waals surface area (Å²) in [5.41, 5.74) is 8.07. The van der Waals surface area contributed by atoms with E-state index in [-0.39, 0.29) is 6.61 Å². The Morgan fingerprint density at radius 3 is 2.76 bits per heavy atom. The van der Waals surface area contributed by atoms with Crippen LogP contribution in [0.2, 0.25) is 0 Å². The molecular weight excluding hydrogens is 246 g/mol. The first-order chi connectivity index (χ1) is 8.13. The highest BCUT2D eigenvalue weighted by molar-refractivity contribution is 7.98. The van der Waals surface area contributed by atoms with E-state index in [1.807, 2.05) is 6.26 Å². The lowest BCUT2D eigenvalue weighted by atomic mass is 10.4. The van der Waals surface area contributed by atoms with Crippen molar-refractivity contribution in [3.63, 3.8) is 0 Å². The van der Waals surface area contributed by atoms with Gasteiger partial charge in [0.1, 0.15) is 6.17 Å². The van der Waals surface area contributed by atoms with E-state index in [1.165, 1.54) is 0 Å². The number of urea groups is 1. The number of nitrogens with one attached hydrogen (secondary N) is 2. The molecule has 9 heteroatoms. The Bertz CT molecular complexity index is 306. The minimum atomic E-state index is -0.838. The quantitative estimate of drug-likeness (QED) is 0.328. The molecule has 0 saturated heterocycles. The summed E-state index contributed by atoms with van der Waals surface area (Å²) in [6.45, 7) is 1.92. The van der Waals surface area contributed by atoms with E-state index >= 15 is 0 Å². The van der Waals surface area contributed by atoms with E-state index in [0.29, 0.717) is 6.42 Å². The Kier molecular flexibility index (Phi) is 8.71. The fraction of sp³-hybridized carbons (Fsp3) is 0.750. The Morgan fingerprint density at radius 1 is 1.53 bits per heavy atom. The van der Waals surface area contributed by atoms with Gasteiger partial charge < -0.3 is 15.4 Å². The molecule has 0 bridgehead atoms. The summed E-state index contributed by atoms with van der Waals surface area (Å²) in [7, 11) is 0. The minimum Gasteiger partial charge on any atom is -0.450 e. The first-order valence-electron chi connectivity index (χ1n) is 4.91. The van der Waals surface area contributed by atoms with E-state index < -0.39 is 18.3 Å². The van der Waals surface area contributed by atoms with Crippen molar-refractivity contribution < 1.29 is 14.3 Å². The van der Waals surface area contributed by atoms with E-state index in [1.54, 1.807) is 18.7 Å². The van der Waals surface area contributed by atoms with Crippen molar-refractivity contribution in [3.05, 3.63) is 10.4 Å². The maximum absolute atomic E-state index is 11.2. The number of hydrogen-bond acceptors (Lipinski definition) is 4. The lowest BCUT2D eigenvalue weighted by molar-refractivity contribution is 0.146. The van der Waals surface area contributed by atoms with Gasteiger partial charge in [0.25, 0.3) is 0 Å². The number of azide groups is 1. The first-order valence-corrected chi connectivity index (χ1v) is 6.31. The molecule has 0 radical (unpaired) electrons. The molecule has 1 atom stereocenters. The fourth-order valence-corrected chi connectivity index (χ4v) is 1.42. The molecule has 3 amide bonds. The average molecular weight is 261 g/mol. The molecule has 0 fully saturated rings. The minimum absolute atomic E-state index is 0.241. The first kappa shape index (κ1) is 15.4. The number of amides is 3. The zero-order valence-corrected chi connectivity index (χ0v) is 10.5. The summed E-state index contributed by atoms with van der Waals surface area (Å²) in [5, 5.41) is 7.67. The summed E-state index contributed by atoms with van der Waals surface area (Å²) in [6.07, 6.45) is 1.17. The van der Waals surface area contributed by atoms with Gasteiger partial charge in [0.15, 0.2) is 0 Å². The number of rotatable bonds is 6. The molecule has 0 aliphatic heterocycles. The van der Waals surface area contributed by atoms with Gasteiger partial charge in [0.2, 0.25) is 0 Å². The van der Waals surface area contributed by atoms with Crippen LogP contribution in [0, 0.1) is 0 Å². The highest BCUT2D eigenvalue weighted by atomic mass is 32.2. The van der Waals surface area contributed by atoms with Crippen LogP contribution in [-0.2, 0) is 4.74 Å². The van der Waals surface area contributed by atoms with Crippen LogP contribution >= 0.6 is 11.8 Å². The molecule has 0 aromatic carbocycles. The lowest BCUT2D eigenvalue weighted by Crippen LogP contribution is -2.47. The van der Waals surface area contributed by atoms with Crippen molar-refractivity contribution in [3.8, 4) is 0 Å². The number of hydrogen-bond donors (Lipinski definition) is 2. The molecule has 17 heavy (non-hydrogen) atoms. The van der Waals surface area contributed by atoms with E-state index in [4.69, 9.17) is 5.53 Å². The number of carbonyl (C=O) groups excluding carboxylic acids is 2. The van der Waals surface area contributed by atoms with Crippen LogP contribution in [0.4, 0.5) is 9.59 Å². The van der Waals surface area contributed by atoms with Gasteiger partial charge in [0, 0.05) is 10.0 Å². The molecule has 2 N–H and O–H groups in total. The monoisotopic (exact) mass is 261 g/mol. The zero-order valence-electron chi connectivity index (χ0n) is 9.67. The Hall–Kier alpha value is -1.60. The number of nitrogens with zero attached hydrogens (tertiary/aromatic N) is 3. The Labute approximate surface area is 103 Å². The Morgan fingerprint density at radius 2 is 2.24 bits per heavy atom. The molecule has 0 heterocycles. The summed E-state index contributed by atoms with van der Waals surface area (Å²) < 4.78 is 4.68. The molecule has 0 spiro atoms. The number of carbonyl (C=O) groups is 2. The van der Waals surface area contributed by atoms with Crippen LogP contribution in [0.25, 0.3) is 10.4 Å². The van der Waals surface area contributed by atoms with Crippen molar-refractivity contribution in [2.75, 3.05) is 18.6 Å². The van der Waals surface area contributed by atoms with Crippen molar-refractivity contribution in [2.45, 2.75) is 19.5 Å². The molecule has 96 valence electrons. The van der Waals surface area contributed by atoms with Gasteiger partial charge in [0.05, 0.1) is 6.61 Å². The normalized spacial score (nSPS) is 10.9. The molecule has 0 aromatic rings. The SMILES string of the molecule is CCOC(=O)N[C@@H](CCSC)NC(=O)N=[N+]=[N-]. The van der Waals surface area contributed by atoms with Crippen LogP contribution in [0.1, 0.15) is 13.3 Å². The van der Waals surface area contributed by atoms with Gasteiger partial charge in [-0.15, -0.1) is 0 Å². The smallest absolute Gasteiger partial charge is 0.408 e. The number of ether oxygens (including phenoxy) is 1. The standard InChI is InChI=1S/C8H15N5O3S/c1-3-16-8(15)11-6(4-5-17-2)10-7(14)12-13-9/h6H,3-5H2,1-2H3,(H,10,14)(H,11,15)/t6-/m0/s1. The highest BCUT2D eigenvalue weighted by Gasteiger charge is 2.14. The van der Waals surface area contributed by atoms with Gasteiger partial charge >= 0.3 is 12.1 Å². The van der Waals surface area contributed by atoms with E-state index in [9.17, 15) is 9.59 Å². The predicted octanol–water partition coefficient (Wildman–Crippen LogP) is 1.83. The van der Waals surface area contributed by atoms with E-state index in [0.717, 1.165) is 5.75 Å². The zero-order chi connectivity index (χ0) is 13.1. The number of thioether (sulfide) groups is 1. The maximum Gasteiger partial charge on any atom is 0.408 e.